The molecule has 3 nitrogen and oxygen atoms in total. The van der Waals surface area contributed by atoms with Crippen molar-refractivity contribution in [2.24, 2.45) is 0 Å². The summed E-state index contributed by atoms with van der Waals surface area (Å²) in [7, 11) is 0. The van der Waals surface area contributed by atoms with Gasteiger partial charge in [0.25, 0.3) is 0 Å². The van der Waals surface area contributed by atoms with E-state index in [1.54, 1.807) is 18.2 Å². The van der Waals surface area contributed by atoms with Gasteiger partial charge in [0.1, 0.15) is 5.57 Å². The van der Waals surface area contributed by atoms with E-state index < -0.39 is 5.97 Å². The van der Waals surface area contributed by atoms with E-state index in [1.165, 1.54) is 0 Å². The topological polar surface area (TPSA) is 61.2 Å². The van der Waals surface area contributed by atoms with Crippen molar-refractivity contribution in [2.45, 2.75) is 6.42 Å². The monoisotopic (exact) mass is 201 g/mol. The standard InChI is InChI=1S/C12H11NO2/c1-2-5-9-6-3-4-7-10(9)11(8-13)12(14)15/h2-4,6-7,13H,1,5H2,(H,14,15). The summed E-state index contributed by atoms with van der Waals surface area (Å²) in [6, 6.07) is 7.05. The Labute approximate surface area is 87.9 Å². The Kier molecular flexibility index (Phi) is 3.61. The quantitative estimate of drug-likeness (QED) is 0.445. The van der Waals surface area contributed by atoms with Crippen LogP contribution >= 0.6 is 0 Å². The van der Waals surface area contributed by atoms with Gasteiger partial charge in [0.05, 0.1) is 0 Å². The van der Waals surface area contributed by atoms with E-state index >= 15 is 0 Å². The van der Waals surface area contributed by atoms with E-state index in [0.29, 0.717) is 12.0 Å². The summed E-state index contributed by atoms with van der Waals surface area (Å²) in [6.07, 6.45) is 2.27. The first-order valence-corrected chi connectivity index (χ1v) is 4.43. The number of carboxylic acid groups (broad SMARTS) is 1. The molecule has 0 saturated carbocycles. The van der Waals surface area contributed by atoms with E-state index in [-0.39, 0.29) is 5.57 Å². The fourth-order valence-electron chi connectivity index (χ4n) is 1.33. The molecule has 0 heterocycles. The number of nitrogens with one attached hydrogen (secondary N) is 1. The maximum atomic E-state index is 10.8. The van der Waals surface area contributed by atoms with Crippen molar-refractivity contribution >= 4 is 17.4 Å². The molecule has 0 bridgehead atoms. The summed E-state index contributed by atoms with van der Waals surface area (Å²) < 4.78 is 0. The van der Waals surface area contributed by atoms with Gasteiger partial charge in [-0.2, -0.15) is 0 Å². The highest BCUT2D eigenvalue weighted by Gasteiger charge is 2.13. The smallest absolute Gasteiger partial charge is 0.345 e. The van der Waals surface area contributed by atoms with Crippen LogP contribution in [0, 0.1) is 5.41 Å². The van der Waals surface area contributed by atoms with Crippen molar-refractivity contribution in [3.63, 3.8) is 0 Å². The maximum absolute atomic E-state index is 10.8. The first-order chi connectivity index (χ1) is 7.20. The zero-order valence-electron chi connectivity index (χ0n) is 8.16. The van der Waals surface area contributed by atoms with Gasteiger partial charge >= 0.3 is 5.97 Å². The van der Waals surface area contributed by atoms with Crippen molar-refractivity contribution in [1.82, 2.24) is 0 Å². The molecule has 1 aromatic rings. The van der Waals surface area contributed by atoms with Crippen LogP contribution in [0.5, 0.6) is 0 Å². The SMILES string of the molecule is C=CCc1ccccc1C(=C=N)C(=O)O. The van der Waals surface area contributed by atoms with E-state index in [1.807, 2.05) is 18.0 Å². The predicted molar refractivity (Wildman–Crippen MR) is 59.1 cm³/mol. The van der Waals surface area contributed by atoms with Gasteiger partial charge in [-0.3, -0.25) is 5.41 Å². The molecule has 0 saturated heterocycles. The van der Waals surface area contributed by atoms with E-state index in [0.717, 1.165) is 5.56 Å². The first kappa shape index (κ1) is 11.0. The molecule has 76 valence electrons. The minimum atomic E-state index is -1.14. The van der Waals surface area contributed by atoms with Gasteiger partial charge in [0, 0.05) is 5.56 Å². The van der Waals surface area contributed by atoms with Crippen LogP contribution in [0.2, 0.25) is 0 Å². The molecule has 1 aromatic carbocycles. The van der Waals surface area contributed by atoms with Gasteiger partial charge in [-0.1, -0.05) is 30.3 Å². The molecular weight excluding hydrogens is 190 g/mol. The zero-order chi connectivity index (χ0) is 11.3. The van der Waals surface area contributed by atoms with Gasteiger partial charge < -0.3 is 5.11 Å². The van der Waals surface area contributed by atoms with Crippen LogP contribution in [0.3, 0.4) is 0 Å². The lowest BCUT2D eigenvalue weighted by molar-refractivity contribution is -0.130. The molecule has 0 spiro atoms. The highest BCUT2D eigenvalue weighted by molar-refractivity contribution is 6.24. The summed E-state index contributed by atoms with van der Waals surface area (Å²) in [5, 5.41) is 15.8. The van der Waals surface area contributed by atoms with Gasteiger partial charge in [-0.05, 0) is 17.9 Å². The molecule has 15 heavy (non-hydrogen) atoms. The Morgan fingerprint density at radius 2 is 2.20 bits per heavy atom. The van der Waals surface area contributed by atoms with E-state index in [2.05, 4.69) is 6.58 Å². The lowest BCUT2D eigenvalue weighted by Gasteiger charge is -2.05. The zero-order valence-corrected chi connectivity index (χ0v) is 8.16. The summed E-state index contributed by atoms with van der Waals surface area (Å²) in [5.74, 6) is 0.812. The maximum Gasteiger partial charge on any atom is 0.345 e. The molecule has 2 N–H and O–H groups in total. The minimum absolute atomic E-state index is 0.118. The number of carboxylic acids is 1. The number of carbonyl (C=O) groups is 1. The van der Waals surface area contributed by atoms with Crippen molar-refractivity contribution in [3.8, 4) is 0 Å². The number of allylic oxidation sites excluding steroid dienone is 1. The Hall–Kier alpha value is -2.12. The molecule has 1 rings (SSSR count). The highest BCUT2D eigenvalue weighted by Crippen LogP contribution is 2.18. The number of hydrogen-bond donors (Lipinski definition) is 2. The third-order valence-corrected chi connectivity index (χ3v) is 1.99. The van der Waals surface area contributed by atoms with Crippen molar-refractivity contribution in [2.75, 3.05) is 0 Å². The molecule has 0 amide bonds. The molecule has 0 atom stereocenters. The second-order valence-corrected chi connectivity index (χ2v) is 2.96. The summed E-state index contributed by atoms with van der Waals surface area (Å²) in [6.45, 7) is 3.60. The average molecular weight is 201 g/mol. The second-order valence-electron chi connectivity index (χ2n) is 2.96. The normalized spacial score (nSPS) is 9.07. The Morgan fingerprint density at radius 1 is 1.53 bits per heavy atom. The van der Waals surface area contributed by atoms with Crippen LogP contribution in [-0.4, -0.2) is 16.9 Å². The van der Waals surface area contributed by atoms with Crippen LogP contribution in [-0.2, 0) is 11.2 Å². The number of benzene rings is 1. The van der Waals surface area contributed by atoms with Crippen molar-refractivity contribution in [3.05, 3.63) is 48.0 Å². The van der Waals surface area contributed by atoms with Crippen LogP contribution < -0.4 is 0 Å². The molecule has 0 unspecified atom stereocenters. The lowest BCUT2D eigenvalue weighted by atomic mass is 9.98. The number of aliphatic carboxylic acids is 1. The number of hydrogen-bond acceptors (Lipinski definition) is 2. The van der Waals surface area contributed by atoms with Gasteiger partial charge in [0.15, 0.2) is 0 Å². The number of rotatable bonds is 4. The van der Waals surface area contributed by atoms with Gasteiger partial charge in [-0.15, -0.1) is 6.58 Å². The molecule has 3 heteroatoms. The highest BCUT2D eigenvalue weighted by atomic mass is 16.4. The molecule has 0 radical (unpaired) electrons. The van der Waals surface area contributed by atoms with Crippen molar-refractivity contribution < 1.29 is 9.90 Å². The summed E-state index contributed by atoms with van der Waals surface area (Å²) in [4.78, 5) is 10.8. The second kappa shape index (κ2) is 4.94. The Morgan fingerprint density at radius 3 is 2.73 bits per heavy atom. The molecule has 0 fully saturated rings. The van der Waals surface area contributed by atoms with Crippen molar-refractivity contribution in [1.29, 1.82) is 5.41 Å². The molecule has 0 aliphatic rings. The Balaban J connectivity index is 3.29. The average Bonchev–Trinajstić information content (AvgIpc) is 2.21. The van der Waals surface area contributed by atoms with Crippen LogP contribution in [0.25, 0.3) is 5.57 Å². The molecule has 0 aliphatic carbocycles. The molecule has 0 aromatic heterocycles. The predicted octanol–water partition coefficient (Wildman–Crippen LogP) is 2.13. The minimum Gasteiger partial charge on any atom is -0.477 e. The molecule has 0 aliphatic heterocycles. The van der Waals surface area contributed by atoms with E-state index in [4.69, 9.17) is 10.5 Å². The molecular formula is C12H11NO2. The van der Waals surface area contributed by atoms with E-state index in [9.17, 15) is 4.79 Å². The first-order valence-electron chi connectivity index (χ1n) is 4.43. The van der Waals surface area contributed by atoms with Gasteiger partial charge in [0.2, 0.25) is 0 Å². The summed E-state index contributed by atoms with van der Waals surface area (Å²) in [5.41, 5.74) is 1.25. The third-order valence-electron chi connectivity index (χ3n) is 1.99. The van der Waals surface area contributed by atoms with Crippen LogP contribution in [0.1, 0.15) is 11.1 Å². The third kappa shape index (κ3) is 2.42. The van der Waals surface area contributed by atoms with Gasteiger partial charge in [-0.25, -0.2) is 4.79 Å². The van der Waals surface area contributed by atoms with Crippen LogP contribution in [0.15, 0.2) is 36.9 Å². The lowest BCUT2D eigenvalue weighted by Crippen LogP contribution is -2.03. The largest absolute Gasteiger partial charge is 0.477 e. The Bertz CT molecular complexity index is 443. The van der Waals surface area contributed by atoms with Crippen LogP contribution in [0.4, 0.5) is 0 Å². The summed E-state index contributed by atoms with van der Waals surface area (Å²) >= 11 is 0. The fourth-order valence-corrected chi connectivity index (χ4v) is 1.33. The fraction of sp³-hybridized carbons (Fsp3) is 0.0833.